The number of allylic oxidation sites excluding steroid dienone is 1. The van der Waals surface area contributed by atoms with Crippen LogP contribution in [-0.2, 0) is 9.53 Å². The molecule has 0 bridgehead atoms. The van der Waals surface area contributed by atoms with E-state index in [-0.39, 0.29) is 0 Å². The molecule has 0 aromatic heterocycles. The zero-order valence-electron chi connectivity index (χ0n) is 6.63. The first-order chi connectivity index (χ1) is 4.70. The fourth-order valence-corrected chi connectivity index (χ4v) is 0.523. The zero-order valence-corrected chi connectivity index (χ0v) is 6.63. The van der Waals surface area contributed by atoms with Crippen LogP contribution in [0.25, 0.3) is 0 Å². The maximum atomic E-state index is 10.2. The van der Waals surface area contributed by atoms with Crippen LogP contribution < -0.4 is 0 Å². The number of aldehydes is 1. The standard InChI is InChI=1S/C7H13NO2/c1-4-10-7(6-9)5-8(2)3/h5-6H,4H2,1-3H3. The molecule has 3 nitrogen and oxygen atoms in total. The Morgan fingerprint density at radius 2 is 2.20 bits per heavy atom. The summed E-state index contributed by atoms with van der Waals surface area (Å²) in [5, 5.41) is 0. The van der Waals surface area contributed by atoms with Crippen LogP contribution in [0, 0.1) is 0 Å². The number of hydrogen-bond donors (Lipinski definition) is 0. The Morgan fingerprint density at radius 3 is 2.50 bits per heavy atom. The summed E-state index contributed by atoms with van der Waals surface area (Å²) in [7, 11) is 3.67. The first-order valence-electron chi connectivity index (χ1n) is 3.17. The number of nitrogens with zero attached hydrogens (tertiary/aromatic N) is 1. The highest BCUT2D eigenvalue weighted by atomic mass is 16.5. The van der Waals surface area contributed by atoms with Crippen molar-refractivity contribution in [2.24, 2.45) is 0 Å². The second-order valence-corrected chi connectivity index (χ2v) is 2.05. The van der Waals surface area contributed by atoms with Crippen LogP contribution in [-0.4, -0.2) is 31.9 Å². The van der Waals surface area contributed by atoms with Gasteiger partial charge in [-0.3, -0.25) is 4.79 Å². The molecule has 3 heteroatoms. The fourth-order valence-electron chi connectivity index (χ4n) is 0.523. The largest absolute Gasteiger partial charge is 0.489 e. The van der Waals surface area contributed by atoms with E-state index in [1.54, 1.807) is 11.1 Å². The molecule has 0 radical (unpaired) electrons. The van der Waals surface area contributed by atoms with E-state index in [9.17, 15) is 4.79 Å². The second-order valence-electron chi connectivity index (χ2n) is 2.05. The molecule has 0 aliphatic heterocycles. The Balaban J connectivity index is 3.90. The average molecular weight is 143 g/mol. The Labute approximate surface area is 61.3 Å². The number of rotatable bonds is 4. The van der Waals surface area contributed by atoms with Gasteiger partial charge in [-0.15, -0.1) is 0 Å². The van der Waals surface area contributed by atoms with Crippen molar-refractivity contribution in [3.05, 3.63) is 12.0 Å². The van der Waals surface area contributed by atoms with Crippen molar-refractivity contribution in [3.63, 3.8) is 0 Å². The Bertz CT molecular complexity index is 130. The van der Waals surface area contributed by atoms with E-state index in [2.05, 4.69) is 0 Å². The fraction of sp³-hybridized carbons (Fsp3) is 0.571. The quantitative estimate of drug-likeness (QED) is 0.328. The van der Waals surface area contributed by atoms with Gasteiger partial charge in [0.2, 0.25) is 0 Å². The average Bonchev–Trinajstić information content (AvgIpc) is 1.86. The summed E-state index contributed by atoms with van der Waals surface area (Å²) >= 11 is 0. The smallest absolute Gasteiger partial charge is 0.186 e. The normalized spacial score (nSPS) is 10.9. The first-order valence-corrected chi connectivity index (χ1v) is 3.17. The number of ether oxygens (including phenoxy) is 1. The molecular formula is C7H13NO2. The van der Waals surface area contributed by atoms with Crippen molar-refractivity contribution in [3.8, 4) is 0 Å². The molecule has 0 aliphatic rings. The molecule has 0 heterocycles. The molecule has 0 saturated heterocycles. The molecule has 0 amide bonds. The highest BCUT2D eigenvalue weighted by Gasteiger charge is 1.92. The van der Waals surface area contributed by atoms with Gasteiger partial charge in [0.1, 0.15) is 0 Å². The molecule has 0 aromatic carbocycles. The van der Waals surface area contributed by atoms with Crippen molar-refractivity contribution >= 4 is 6.29 Å². The molecule has 0 N–H and O–H groups in total. The maximum Gasteiger partial charge on any atom is 0.186 e. The molecule has 0 aromatic rings. The topological polar surface area (TPSA) is 29.5 Å². The van der Waals surface area contributed by atoms with E-state index in [4.69, 9.17) is 4.74 Å². The van der Waals surface area contributed by atoms with E-state index in [1.165, 1.54) is 0 Å². The summed E-state index contributed by atoms with van der Waals surface area (Å²) in [6.07, 6.45) is 2.33. The monoisotopic (exact) mass is 143 g/mol. The summed E-state index contributed by atoms with van der Waals surface area (Å²) in [4.78, 5) is 12.0. The van der Waals surface area contributed by atoms with Gasteiger partial charge in [-0.2, -0.15) is 0 Å². The van der Waals surface area contributed by atoms with E-state index in [0.29, 0.717) is 18.7 Å². The first kappa shape index (κ1) is 9.01. The predicted molar refractivity (Wildman–Crippen MR) is 39.5 cm³/mol. The van der Waals surface area contributed by atoms with Gasteiger partial charge in [0.05, 0.1) is 6.61 Å². The Kier molecular flexibility index (Phi) is 4.37. The third kappa shape index (κ3) is 3.95. The molecule has 0 aliphatic carbocycles. The van der Waals surface area contributed by atoms with Crippen molar-refractivity contribution in [1.29, 1.82) is 0 Å². The molecule has 0 unspecified atom stereocenters. The van der Waals surface area contributed by atoms with Crippen molar-refractivity contribution in [2.45, 2.75) is 6.92 Å². The lowest BCUT2D eigenvalue weighted by Crippen LogP contribution is -2.05. The molecule has 10 heavy (non-hydrogen) atoms. The van der Waals surface area contributed by atoms with Crippen LogP contribution in [0.5, 0.6) is 0 Å². The summed E-state index contributed by atoms with van der Waals surface area (Å²) in [6, 6.07) is 0. The summed E-state index contributed by atoms with van der Waals surface area (Å²) in [6.45, 7) is 2.37. The van der Waals surface area contributed by atoms with Gasteiger partial charge in [-0.1, -0.05) is 0 Å². The van der Waals surface area contributed by atoms with Gasteiger partial charge in [0.15, 0.2) is 12.0 Å². The molecular weight excluding hydrogens is 130 g/mol. The minimum Gasteiger partial charge on any atom is -0.489 e. The molecule has 0 fully saturated rings. The van der Waals surface area contributed by atoms with Gasteiger partial charge in [-0.05, 0) is 6.92 Å². The van der Waals surface area contributed by atoms with Crippen LogP contribution in [0.4, 0.5) is 0 Å². The maximum absolute atomic E-state index is 10.2. The van der Waals surface area contributed by atoms with Gasteiger partial charge in [-0.25, -0.2) is 0 Å². The van der Waals surface area contributed by atoms with E-state index in [0.717, 1.165) is 0 Å². The lowest BCUT2D eigenvalue weighted by molar-refractivity contribution is -0.107. The molecule has 0 atom stereocenters. The molecule has 58 valence electrons. The van der Waals surface area contributed by atoms with Crippen molar-refractivity contribution in [2.75, 3.05) is 20.7 Å². The van der Waals surface area contributed by atoms with Crippen LogP contribution in [0.1, 0.15) is 6.92 Å². The zero-order chi connectivity index (χ0) is 7.98. The summed E-state index contributed by atoms with van der Waals surface area (Å²) in [5.74, 6) is 0.368. The minimum absolute atomic E-state index is 0.368. The van der Waals surface area contributed by atoms with Crippen LogP contribution in [0.15, 0.2) is 12.0 Å². The summed E-state index contributed by atoms with van der Waals surface area (Å²) in [5.41, 5.74) is 0. The lowest BCUT2D eigenvalue weighted by Gasteiger charge is -2.06. The molecule has 0 saturated carbocycles. The molecule has 0 spiro atoms. The highest BCUT2D eigenvalue weighted by Crippen LogP contribution is 1.92. The summed E-state index contributed by atoms with van der Waals surface area (Å²) < 4.78 is 4.95. The van der Waals surface area contributed by atoms with Crippen LogP contribution in [0.2, 0.25) is 0 Å². The SMILES string of the molecule is CCOC(C=O)=CN(C)C. The van der Waals surface area contributed by atoms with E-state index >= 15 is 0 Å². The predicted octanol–water partition coefficient (Wildman–Crippen LogP) is 0.625. The third-order valence-corrected chi connectivity index (χ3v) is 0.813. The number of carbonyl (C=O) groups excluding carboxylic acids is 1. The Hall–Kier alpha value is -0.990. The van der Waals surface area contributed by atoms with Crippen LogP contribution >= 0.6 is 0 Å². The lowest BCUT2D eigenvalue weighted by atomic mass is 10.5. The van der Waals surface area contributed by atoms with Crippen LogP contribution in [0.3, 0.4) is 0 Å². The van der Waals surface area contributed by atoms with Gasteiger partial charge < -0.3 is 9.64 Å². The van der Waals surface area contributed by atoms with Gasteiger partial charge >= 0.3 is 0 Å². The second kappa shape index (κ2) is 4.85. The van der Waals surface area contributed by atoms with Gasteiger partial charge in [0.25, 0.3) is 0 Å². The van der Waals surface area contributed by atoms with Crippen molar-refractivity contribution in [1.82, 2.24) is 4.90 Å². The third-order valence-electron chi connectivity index (χ3n) is 0.813. The van der Waals surface area contributed by atoms with E-state index < -0.39 is 0 Å². The van der Waals surface area contributed by atoms with Gasteiger partial charge in [0, 0.05) is 20.3 Å². The highest BCUT2D eigenvalue weighted by molar-refractivity contribution is 5.69. The Morgan fingerprint density at radius 1 is 1.60 bits per heavy atom. The number of carbonyl (C=O) groups is 1. The van der Waals surface area contributed by atoms with Crippen molar-refractivity contribution < 1.29 is 9.53 Å². The molecule has 0 rings (SSSR count). The van der Waals surface area contributed by atoms with E-state index in [1.807, 2.05) is 21.0 Å². The minimum atomic E-state index is 0.368. The number of hydrogen-bond acceptors (Lipinski definition) is 3.